The Morgan fingerprint density at radius 1 is 1.50 bits per heavy atom. The highest BCUT2D eigenvalue weighted by Crippen LogP contribution is 2.32. The molecular weight excluding hydrogens is 192 g/mol. The van der Waals surface area contributed by atoms with Gasteiger partial charge < -0.3 is 5.32 Å². The van der Waals surface area contributed by atoms with Crippen molar-refractivity contribution in [1.29, 1.82) is 0 Å². The zero-order chi connectivity index (χ0) is 9.97. The molecule has 0 radical (unpaired) electrons. The van der Waals surface area contributed by atoms with E-state index in [0.717, 1.165) is 10.9 Å². The van der Waals surface area contributed by atoms with Gasteiger partial charge in [0, 0.05) is 28.9 Å². The molecule has 2 unspecified atom stereocenters. The Bertz CT molecular complexity index is 312. The van der Waals surface area contributed by atoms with Crippen LogP contribution in [0.2, 0.25) is 0 Å². The second-order valence-electron chi connectivity index (χ2n) is 3.79. The van der Waals surface area contributed by atoms with Crippen molar-refractivity contribution < 1.29 is 0 Å². The van der Waals surface area contributed by atoms with E-state index in [1.165, 1.54) is 18.5 Å². The summed E-state index contributed by atoms with van der Waals surface area (Å²) in [6.07, 6.45) is 6.70. The Morgan fingerprint density at radius 3 is 2.93 bits per heavy atom. The smallest absolute Gasteiger partial charge is 0.0393 e. The van der Waals surface area contributed by atoms with Crippen LogP contribution in [0.15, 0.2) is 18.3 Å². The third kappa shape index (κ3) is 2.03. The van der Waals surface area contributed by atoms with Crippen molar-refractivity contribution in [3.05, 3.63) is 24.0 Å². The normalized spacial score (nSPS) is 25.6. The van der Waals surface area contributed by atoms with E-state index in [4.69, 9.17) is 0 Å². The second kappa shape index (κ2) is 4.22. The van der Waals surface area contributed by atoms with Gasteiger partial charge in [-0.1, -0.05) is 0 Å². The third-order valence-corrected chi connectivity index (χ3v) is 3.93. The Labute approximate surface area is 89.5 Å². The van der Waals surface area contributed by atoms with Crippen LogP contribution in [0, 0.1) is 6.92 Å². The predicted molar refractivity (Wildman–Crippen MR) is 62.9 cm³/mol. The van der Waals surface area contributed by atoms with Crippen LogP contribution in [-0.2, 0) is 0 Å². The van der Waals surface area contributed by atoms with Gasteiger partial charge in [-0.05, 0) is 38.2 Å². The topological polar surface area (TPSA) is 24.9 Å². The van der Waals surface area contributed by atoms with E-state index in [1.807, 2.05) is 30.9 Å². The van der Waals surface area contributed by atoms with Gasteiger partial charge in [0.25, 0.3) is 0 Å². The first-order chi connectivity index (χ1) is 6.79. The molecule has 14 heavy (non-hydrogen) atoms. The fourth-order valence-corrected chi connectivity index (χ4v) is 2.67. The van der Waals surface area contributed by atoms with Crippen molar-refractivity contribution in [1.82, 2.24) is 4.98 Å². The number of thioether (sulfide) groups is 1. The van der Waals surface area contributed by atoms with Crippen LogP contribution >= 0.6 is 11.8 Å². The Morgan fingerprint density at radius 2 is 2.36 bits per heavy atom. The van der Waals surface area contributed by atoms with Crippen molar-refractivity contribution in [2.24, 2.45) is 0 Å². The molecule has 2 atom stereocenters. The van der Waals surface area contributed by atoms with Gasteiger partial charge in [0.05, 0.1) is 0 Å². The molecule has 1 aromatic rings. The molecule has 0 saturated heterocycles. The van der Waals surface area contributed by atoms with Gasteiger partial charge in [0.1, 0.15) is 0 Å². The summed E-state index contributed by atoms with van der Waals surface area (Å²) in [4.78, 5) is 4.18. The monoisotopic (exact) mass is 208 g/mol. The number of anilines is 1. The van der Waals surface area contributed by atoms with Crippen LogP contribution in [-0.4, -0.2) is 22.5 Å². The first-order valence-electron chi connectivity index (χ1n) is 5.01. The average Bonchev–Trinajstić information content (AvgIpc) is 2.14. The summed E-state index contributed by atoms with van der Waals surface area (Å²) in [5.74, 6) is 0. The highest BCUT2D eigenvalue weighted by Gasteiger charge is 2.29. The van der Waals surface area contributed by atoms with Crippen molar-refractivity contribution >= 4 is 17.4 Å². The lowest BCUT2D eigenvalue weighted by molar-refractivity contribution is 0.463. The van der Waals surface area contributed by atoms with E-state index >= 15 is 0 Å². The van der Waals surface area contributed by atoms with E-state index in [9.17, 15) is 0 Å². The average molecular weight is 208 g/mol. The number of hydrogen-bond donors (Lipinski definition) is 1. The zero-order valence-corrected chi connectivity index (χ0v) is 9.47. The number of hydrogen-bond acceptors (Lipinski definition) is 3. The van der Waals surface area contributed by atoms with Gasteiger partial charge in [-0.15, -0.1) is 0 Å². The van der Waals surface area contributed by atoms with Crippen LogP contribution < -0.4 is 5.32 Å². The maximum atomic E-state index is 4.18. The maximum absolute atomic E-state index is 4.18. The second-order valence-corrected chi connectivity index (χ2v) is 4.87. The number of pyridine rings is 1. The highest BCUT2D eigenvalue weighted by atomic mass is 32.2. The summed E-state index contributed by atoms with van der Waals surface area (Å²) in [6.45, 7) is 2.03. The molecular formula is C11H16N2S. The van der Waals surface area contributed by atoms with Crippen LogP contribution in [0.3, 0.4) is 0 Å². The highest BCUT2D eigenvalue weighted by molar-refractivity contribution is 7.99. The van der Waals surface area contributed by atoms with Gasteiger partial charge in [-0.3, -0.25) is 4.98 Å². The number of nitrogens with zero attached hydrogens (tertiary/aromatic N) is 1. The first-order valence-corrected chi connectivity index (χ1v) is 6.30. The van der Waals surface area contributed by atoms with E-state index in [1.54, 1.807) is 0 Å². The fraction of sp³-hybridized carbons (Fsp3) is 0.545. The molecule has 1 saturated carbocycles. The number of nitrogens with one attached hydrogen (secondary N) is 1. The molecule has 1 fully saturated rings. The van der Waals surface area contributed by atoms with Crippen molar-refractivity contribution in [3.63, 3.8) is 0 Å². The van der Waals surface area contributed by atoms with E-state index in [-0.39, 0.29) is 0 Å². The van der Waals surface area contributed by atoms with E-state index in [0.29, 0.717) is 6.04 Å². The minimum Gasteiger partial charge on any atom is -0.381 e. The minimum absolute atomic E-state index is 0.659. The minimum atomic E-state index is 0.659. The van der Waals surface area contributed by atoms with Gasteiger partial charge in [0.2, 0.25) is 0 Å². The van der Waals surface area contributed by atoms with Crippen LogP contribution in [0.1, 0.15) is 18.5 Å². The van der Waals surface area contributed by atoms with Gasteiger partial charge in [-0.2, -0.15) is 11.8 Å². The SMILES string of the molecule is CSC1CCC1Nc1ccnc(C)c1. The molecule has 0 spiro atoms. The summed E-state index contributed by atoms with van der Waals surface area (Å²) < 4.78 is 0. The Hall–Kier alpha value is -0.700. The van der Waals surface area contributed by atoms with Gasteiger partial charge in [0.15, 0.2) is 0 Å². The lowest BCUT2D eigenvalue weighted by Crippen LogP contribution is -2.40. The van der Waals surface area contributed by atoms with Gasteiger partial charge in [-0.25, -0.2) is 0 Å². The summed E-state index contributed by atoms with van der Waals surface area (Å²) in [7, 11) is 0. The zero-order valence-electron chi connectivity index (χ0n) is 8.66. The Kier molecular flexibility index (Phi) is 2.96. The largest absolute Gasteiger partial charge is 0.381 e. The van der Waals surface area contributed by atoms with Crippen molar-refractivity contribution in [2.45, 2.75) is 31.1 Å². The van der Waals surface area contributed by atoms with Gasteiger partial charge >= 0.3 is 0 Å². The van der Waals surface area contributed by atoms with Crippen LogP contribution in [0.25, 0.3) is 0 Å². The summed E-state index contributed by atoms with van der Waals surface area (Å²) >= 11 is 1.96. The molecule has 0 amide bonds. The molecule has 0 aliphatic heterocycles. The quantitative estimate of drug-likeness (QED) is 0.826. The summed E-state index contributed by atoms with van der Waals surface area (Å²) in [5, 5.41) is 4.35. The first kappa shape index (κ1) is 9.84. The predicted octanol–water partition coefficient (Wildman–Crippen LogP) is 2.70. The van der Waals surface area contributed by atoms with E-state index < -0.39 is 0 Å². The van der Waals surface area contributed by atoms with Crippen molar-refractivity contribution in [3.8, 4) is 0 Å². The molecule has 1 heterocycles. The molecule has 1 aliphatic carbocycles. The molecule has 3 heteroatoms. The van der Waals surface area contributed by atoms with E-state index in [2.05, 4.69) is 22.6 Å². The molecule has 1 N–H and O–H groups in total. The number of aromatic nitrogens is 1. The molecule has 0 bridgehead atoms. The molecule has 2 rings (SSSR count). The van der Waals surface area contributed by atoms with Crippen LogP contribution in [0.5, 0.6) is 0 Å². The summed E-state index contributed by atoms with van der Waals surface area (Å²) in [5.41, 5.74) is 2.29. The lowest BCUT2D eigenvalue weighted by atomic mass is 9.92. The van der Waals surface area contributed by atoms with Crippen molar-refractivity contribution in [2.75, 3.05) is 11.6 Å². The molecule has 1 aliphatic rings. The standard InChI is InChI=1S/C11H16N2S/c1-8-7-9(5-6-12-8)13-10-3-4-11(10)14-2/h5-7,10-11H,3-4H2,1-2H3,(H,12,13). The number of rotatable bonds is 3. The van der Waals surface area contributed by atoms with Crippen LogP contribution in [0.4, 0.5) is 5.69 Å². The third-order valence-electron chi connectivity index (χ3n) is 2.76. The summed E-state index contributed by atoms with van der Waals surface area (Å²) in [6, 6.07) is 4.81. The molecule has 76 valence electrons. The Balaban J connectivity index is 1.97. The number of aryl methyl sites for hydroxylation is 1. The lowest BCUT2D eigenvalue weighted by Gasteiger charge is -2.36. The molecule has 2 nitrogen and oxygen atoms in total. The maximum Gasteiger partial charge on any atom is 0.0393 e. The fourth-order valence-electron chi connectivity index (χ4n) is 1.77. The molecule has 1 aromatic heterocycles. The molecule has 0 aromatic carbocycles.